The van der Waals surface area contributed by atoms with Crippen molar-refractivity contribution in [2.45, 2.75) is 0 Å². The van der Waals surface area contributed by atoms with E-state index in [0.717, 1.165) is 0 Å². The lowest BCUT2D eigenvalue weighted by molar-refractivity contribution is -0.116. The molecule has 0 atom stereocenters. The number of thiocarbonyl (C=S) groups is 1. The van der Waals surface area contributed by atoms with Crippen molar-refractivity contribution in [2.75, 3.05) is 5.75 Å². The quantitative estimate of drug-likeness (QED) is 0.314. The molecule has 0 bridgehead atoms. The number of amides is 1. The first-order valence-corrected chi connectivity index (χ1v) is 5.12. The SMILES string of the molecule is NP(O)O.O=C1CSC(=S)N1. The Balaban J connectivity index is 0.000000218. The Morgan fingerprint density at radius 2 is 2.18 bits per heavy atom. The number of nitrogens with one attached hydrogen (secondary N) is 1. The van der Waals surface area contributed by atoms with Crippen molar-refractivity contribution < 1.29 is 14.6 Å². The molecule has 64 valence electrons. The van der Waals surface area contributed by atoms with Gasteiger partial charge in [-0.05, 0) is 0 Å². The molecule has 8 heteroatoms. The maximum atomic E-state index is 10.2. The molecular formula is C3H7N2O3PS2. The molecule has 0 unspecified atom stereocenters. The highest BCUT2D eigenvalue weighted by Crippen LogP contribution is 2.07. The second-order valence-corrected chi connectivity index (χ2v) is 3.74. The van der Waals surface area contributed by atoms with Crippen molar-refractivity contribution in [1.29, 1.82) is 0 Å². The molecule has 0 aliphatic carbocycles. The molecule has 1 rings (SSSR count). The fraction of sp³-hybridized carbons (Fsp3) is 0.333. The van der Waals surface area contributed by atoms with E-state index < -0.39 is 8.53 Å². The summed E-state index contributed by atoms with van der Waals surface area (Å²) in [5.41, 5.74) is 4.29. The van der Waals surface area contributed by atoms with Crippen LogP contribution in [-0.2, 0) is 4.79 Å². The minimum atomic E-state index is -2.12. The van der Waals surface area contributed by atoms with Crippen LogP contribution in [0.15, 0.2) is 0 Å². The van der Waals surface area contributed by atoms with Gasteiger partial charge in [0.2, 0.25) is 14.4 Å². The second kappa shape index (κ2) is 5.82. The third kappa shape index (κ3) is 8.12. The van der Waals surface area contributed by atoms with Crippen molar-refractivity contribution in [2.24, 2.45) is 5.50 Å². The third-order valence-corrected chi connectivity index (χ3v) is 1.80. The normalized spacial score (nSPS) is 16.0. The molecule has 0 aromatic rings. The highest BCUT2D eigenvalue weighted by Gasteiger charge is 2.13. The molecule has 0 spiro atoms. The number of nitrogens with two attached hydrogens (primary N) is 1. The maximum Gasteiger partial charge on any atom is 0.247 e. The average Bonchev–Trinajstić information content (AvgIpc) is 2.13. The van der Waals surface area contributed by atoms with Crippen molar-refractivity contribution >= 4 is 42.7 Å². The molecule has 5 nitrogen and oxygen atoms in total. The molecular weight excluding hydrogens is 207 g/mol. The van der Waals surface area contributed by atoms with E-state index in [0.29, 0.717) is 10.1 Å². The van der Waals surface area contributed by atoms with Gasteiger partial charge in [-0.2, -0.15) is 0 Å². The van der Waals surface area contributed by atoms with Gasteiger partial charge < -0.3 is 15.1 Å². The van der Waals surface area contributed by atoms with Gasteiger partial charge in [-0.3, -0.25) is 10.3 Å². The number of carbonyl (C=O) groups excluding carboxylic acids is 1. The molecule has 1 saturated heterocycles. The van der Waals surface area contributed by atoms with Crippen LogP contribution in [0.3, 0.4) is 0 Å². The van der Waals surface area contributed by atoms with Gasteiger partial charge >= 0.3 is 0 Å². The van der Waals surface area contributed by atoms with Crippen LogP contribution in [0.1, 0.15) is 0 Å². The summed E-state index contributed by atoms with van der Waals surface area (Å²) in [6.07, 6.45) is 0. The van der Waals surface area contributed by atoms with Crippen LogP contribution in [-0.4, -0.2) is 25.8 Å². The van der Waals surface area contributed by atoms with Gasteiger partial charge in [0.05, 0.1) is 5.75 Å². The molecule has 0 radical (unpaired) electrons. The van der Waals surface area contributed by atoms with Crippen LogP contribution in [0.25, 0.3) is 0 Å². The van der Waals surface area contributed by atoms with E-state index in [-0.39, 0.29) is 5.91 Å². The summed E-state index contributed by atoms with van der Waals surface area (Å²) in [6.45, 7) is 0. The summed E-state index contributed by atoms with van der Waals surface area (Å²) in [4.78, 5) is 25.1. The molecule has 1 aliphatic heterocycles. The Morgan fingerprint density at radius 3 is 2.27 bits per heavy atom. The summed E-state index contributed by atoms with van der Waals surface area (Å²) in [7, 11) is -2.12. The minimum Gasteiger partial charge on any atom is -0.338 e. The molecule has 1 heterocycles. The van der Waals surface area contributed by atoms with Crippen LogP contribution < -0.4 is 10.8 Å². The fourth-order valence-corrected chi connectivity index (χ4v) is 1.13. The third-order valence-electron chi connectivity index (χ3n) is 0.576. The van der Waals surface area contributed by atoms with Crippen molar-refractivity contribution in [1.82, 2.24) is 5.32 Å². The van der Waals surface area contributed by atoms with Gasteiger partial charge in [-0.1, -0.05) is 24.0 Å². The largest absolute Gasteiger partial charge is 0.338 e. The zero-order valence-corrected chi connectivity index (χ0v) is 7.88. The van der Waals surface area contributed by atoms with Crippen LogP contribution in [0.5, 0.6) is 0 Å². The lowest BCUT2D eigenvalue weighted by Crippen LogP contribution is -2.18. The van der Waals surface area contributed by atoms with E-state index in [1.54, 1.807) is 0 Å². The predicted molar refractivity (Wildman–Crippen MR) is 48.7 cm³/mol. The number of hydrogen-bond donors (Lipinski definition) is 4. The molecule has 1 amide bonds. The van der Waals surface area contributed by atoms with Crippen LogP contribution >= 0.6 is 32.5 Å². The number of hydrogen-bond acceptors (Lipinski definition) is 6. The zero-order chi connectivity index (χ0) is 8.85. The summed E-state index contributed by atoms with van der Waals surface area (Å²) in [5, 5.41) is 2.47. The lowest BCUT2D eigenvalue weighted by Gasteiger charge is -1.81. The first kappa shape index (κ1) is 11.2. The molecule has 0 saturated carbocycles. The summed E-state index contributed by atoms with van der Waals surface area (Å²) < 4.78 is 0.602. The molecule has 0 aromatic heterocycles. The average molecular weight is 214 g/mol. The van der Waals surface area contributed by atoms with Gasteiger partial charge in [-0.15, -0.1) is 0 Å². The van der Waals surface area contributed by atoms with Crippen LogP contribution in [0.4, 0.5) is 0 Å². The van der Waals surface area contributed by atoms with Crippen molar-refractivity contribution in [3.05, 3.63) is 0 Å². The van der Waals surface area contributed by atoms with E-state index in [1.807, 2.05) is 0 Å². The number of carbonyl (C=O) groups is 1. The summed E-state index contributed by atoms with van der Waals surface area (Å²) in [6, 6.07) is 0. The lowest BCUT2D eigenvalue weighted by atomic mass is 10.7. The van der Waals surface area contributed by atoms with E-state index >= 15 is 0 Å². The molecule has 5 N–H and O–H groups in total. The van der Waals surface area contributed by atoms with Gasteiger partial charge in [0.1, 0.15) is 4.32 Å². The Morgan fingerprint density at radius 1 is 1.73 bits per heavy atom. The Labute approximate surface area is 74.3 Å². The van der Waals surface area contributed by atoms with E-state index in [9.17, 15) is 4.79 Å². The number of rotatable bonds is 0. The molecule has 11 heavy (non-hydrogen) atoms. The van der Waals surface area contributed by atoms with E-state index in [4.69, 9.17) is 9.79 Å². The second-order valence-electron chi connectivity index (χ2n) is 1.44. The smallest absolute Gasteiger partial charge is 0.247 e. The summed E-state index contributed by atoms with van der Waals surface area (Å²) in [5.74, 6) is 0.522. The van der Waals surface area contributed by atoms with Crippen LogP contribution in [0, 0.1) is 0 Å². The number of thioether (sulfide) groups is 1. The first-order chi connectivity index (χ1) is 5.02. The van der Waals surface area contributed by atoms with Gasteiger partial charge in [0, 0.05) is 0 Å². The van der Waals surface area contributed by atoms with Crippen LogP contribution in [0.2, 0.25) is 0 Å². The monoisotopic (exact) mass is 214 g/mol. The van der Waals surface area contributed by atoms with Gasteiger partial charge in [0.15, 0.2) is 0 Å². The molecule has 1 aliphatic rings. The topological polar surface area (TPSA) is 95.6 Å². The molecule has 0 aromatic carbocycles. The zero-order valence-electron chi connectivity index (χ0n) is 5.35. The Bertz CT molecular complexity index is 148. The highest BCUT2D eigenvalue weighted by molar-refractivity contribution is 8.24. The van der Waals surface area contributed by atoms with Crippen molar-refractivity contribution in [3.63, 3.8) is 0 Å². The minimum absolute atomic E-state index is 0.0231. The van der Waals surface area contributed by atoms with E-state index in [1.165, 1.54) is 11.8 Å². The van der Waals surface area contributed by atoms with Crippen molar-refractivity contribution in [3.8, 4) is 0 Å². The predicted octanol–water partition coefficient (Wildman–Crippen LogP) is -0.709. The fourth-order valence-electron chi connectivity index (χ4n) is 0.317. The standard InChI is InChI=1S/C3H3NOS2.H4NO2P/c5-2-1-7-3(6)4-2;1-4(2)3/h1H2,(H,4,5,6);2-3H,1H2. The Hall–Kier alpha value is 0.220. The summed E-state index contributed by atoms with van der Waals surface area (Å²) >= 11 is 6.00. The molecule has 1 fully saturated rings. The van der Waals surface area contributed by atoms with Gasteiger partial charge in [-0.25, -0.2) is 0 Å². The van der Waals surface area contributed by atoms with E-state index in [2.05, 4.69) is 23.0 Å². The Kier molecular flexibility index (Phi) is 5.93. The highest BCUT2D eigenvalue weighted by atomic mass is 32.2. The van der Waals surface area contributed by atoms with Gasteiger partial charge in [0.25, 0.3) is 0 Å². The first-order valence-electron chi connectivity index (χ1n) is 2.41. The maximum absolute atomic E-state index is 10.2.